The highest BCUT2D eigenvalue weighted by Crippen LogP contribution is 2.10. The van der Waals surface area contributed by atoms with Crippen LogP contribution in [-0.2, 0) is 16.2 Å². The van der Waals surface area contributed by atoms with Gasteiger partial charge in [-0.05, 0) is 30.0 Å². The van der Waals surface area contributed by atoms with Gasteiger partial charge in [0.2, 0.25) is 11.8 Å². The first-order valence-electron chi connectivity index (χ1n) is 8.34. The number of urea groups is 1. The summed E-state index contributed by atoms with van der Waals surface area (Å²) in [6, 6.07) is 4.27. The highest BCUT2D eigenvalue weighted by atomic mass is 16.3. The molecule has 1 rings (SSSR count). The first-order chi connectivity index (χ1) is 12.2. The van der Waals surface area contributed by atoms with E-state index in [0.717, 1.165) is 0 Å². The number of nitrogens with two attached hydrogens (primary N) is 2. The maximum absolute atomic E-state index is 12.5. The molecule has 8 N–H and O–H groups in total. The van der Waals surface area contributed by atoms with Crippen molar-refractivity contribution in [1.29, 1.82) is 0 Å². The van der Waals surface area contributed by atoms with Crippen LogP contribution in [0.1, 0.15) is 25.8 Å². The van der Waals surface area contributed by atoms with E-state index < -0.39 is 29.9 Å². The molecule has 0 aliphatic heterocycles. The molecular formula is C17H27N5O4. The molecule has 0 radical (unpaired) electrons. The number of amides is 4. The van der Waals surface area contributed by atoms with E-state index in [-0.39, 0.29) is 25.5 Å². The minimum atomic E-state index is -0.892. The van der Waals surface area contributed by atoms with Crippen molar-refractivity contribution in [2.75, 3.05) is 11.9 Å². The monoisotopic (exact) mass is 365 g/mol. The molecule has 0 aliphatic rings. The molecule has 0 aliphatic carbocycles. The van der Waals surface area contributed by atoms with E-state index in [0.29, 0.717) is 11.3 Å². The lowest BCUT2D eigenvalue weighted by atomic mass is 10.0. The highest BCUT2D eigenvalue weighted by Gasteiger charge is 2.25. The van der Waals surface area contributed by atoms with Crippen LogP contribution in [0.2, 0.25) is 0 Å². The summed E-state index contributed by atoms with van der Waals surface area (Å²) in [6.45, 7) is 3.63. The van der Waals surface area contributed by atoms with Gasteiger partial charge in [-0.15, -0.1) is 0 Å². The second-order valence-corrected chi connectivity index (χ2v) is 6.25. The van der Waals surface area contributed by atoms with Gasteiger partial charge in [0.15, 0.2) is 0 Å². The van der Waals surface area contributed by atoms with Crippen LogP contribution in [0.4, 0.5) is 10.5 Å². The molecule has 9 nitrogen and oxygen atoms in total. The van der Waals surface area contributed by atoms with Crippen LogP contribution < -0.4 is 27.4 Å². The lowest BCUT2D eigenvalue weighted by Gasteiger charge is -2.22. The minimum Gasteiger partial charge on any atom is -0.392 e. The summed E-state index contributed by atoms with van der Waals surface area (Å²) < 4.78 is 0. The molecule has 26 heavy (non-hydrogen) atoms. The summed E-state index contributed by atoms with van der Waals surface area (Å²) in [5.41, 5.74) is 12.1. The van der Waals surface area contributed by atoms with Crippen molar-refractivity contribution in [1.82, 2.24) is 10.6 Å². The molecule has 0 saturated heterocycles. The number of carbonyl (C=O) groups is 3. The summed E-state index contributed by atoms with van der Waals surface area (Å²) in [5.74, 6) is -0.985. The second-order valence-electron chi connectivity index (χ2n) is 6.25. The number of hydrogen-bond acceptors (Lipinski definition) is 5. The van der Waals surface area contributed by atoms with Gasteiger partial charge in [-0.1, -0.05) is 26.0 Å². The molecule has 1 unspecified atom stereocenters. The number of aliphatic hydroxyl groups excluding tert-OH is 1. The van der Waals surface area contributed by atoms with E-state index in [9.17, 15) is 14.4 Å². The minimum absolute atomic E-state index is 0.0894. The largest absolute Gasteiger partial charge is 0.392 e. The zero-order valence-electron chi connectivity index (χ0n) is 15.0. The molecule has 1 aromatic rings. The molecule has 0 aromatic heterocycles. The molecule has 0 spiro atoms. The van der Waals surface area contributed by atoms with Crippen LogP contribution >= 0.6 is 0 Å². The maximum atomic E-state index is 12.5. The Morgan fingerprint density at radius 3 is 2.23 bits per heavy atom. The molecule has 4 amide bonds. The predicted molar refractivity (Wildman–Crippen MR) is 97.9 cm³/mol. The lowest BCUT2D eigenvalue weighted by Crippen LogP contribution is -2.52. The van der Waals surface area contributed by atoms with Crippen LogP contribution in [0.5, 0.6) is 0 Å². The fourth-order valence-electron chi connectivity index (χ4n) is 2.10. The van der Waals surface area contributed by atoms with E-state index in [4.69, 9.17) is 16.6 Å². The van der Waals surface area contributed by atoms with Crippen LogP contribution in [0.25, 0.3) is 0 Å². The van der Waals surface area contributed by atoms with Gasteiger partial charge in [-0.2, -0.15) is 0 Å². The summed E-state index contributed by atoms with van der Waals surface area (Å²) >= 11 is 0. The van der Waals surface area contributed by atoms with Crippen LogP contribution in [-0.4, -0.2) is 41.6 Å². The van der Waals surface area contributed by atoms with Crippen molar-refractivity contribution in [2.45, 2.75) is 39.0 Å². The Labute approximate surface area is 152 Å². The van der Waals surface area contributed by atoms with E-state index in [1.807, 2.05) is 0 Å². The standard InChI is InChI=1S/C17H27N5O4/c1-10(2)14(18)16(25)22-13(7-8-20-17(19)26)15(24)21-12-5-3-11(9-23)4-6-12/h3-6,10,13-14,23H,7-9,18H2,1-2H3,(H,21,24)(H,22,25)(H3,19,20,26)/t13?,14-/m0/s1. The fraction of sp³-hybridized carbons (Fsp3) is 0.471. The van der Waals surface area contributed by atoms with E-state index >= 15 is 0 Å². The third kappa shape index (κ3) is 7.08. The van der Waals surface area contributed by atoms with Crippen molar-refractivity contribution in [2.24, 2.45) is 17.4 Å². The average Bonchev–Trinajstić information content (AvgIpc) is 2.60. The molecule has 9 heteroatoms. The highest BCUT2D eigenvalue weighted by molar-refractivity contribution is 5.97. The van der Waals surface area contributed by atoms with Crippen molar-refractivity contribution in [3.63, 3.8) is 0 Å². The number of anilines is 1. The van der Waals surface area contributed by atoms with Crippen LogP contribution in [0, 0.1) is 5.92 Å². The van der Waals surface area contributed by atoms with Crippen molar-refractivity contribution >= 4 is 23.5 Å². The fourth-order valence-corrected chi connectivity index (χ4v) is 2.10. The van der Waals surface area contributed by atoms with Gasteiger partial charge in [0.05, 0.1) is 12.6 Å². The number of aliphatic hydroxyl groups is 1. The predicted octanol–water partition coefficient (Wildman–Crippen LogP) is -0.356. The summed E-state index contributed by atoms with van der Waals surface area (Å²) in [5, 5.41) is 16.7. The molecule has 2 atom stereocenters. The number of rotatable bonds is 9. The molecule has 0 saturated carbocycles. The summed E-state index contributed by atoms with van der Waals surface area (Å²) in [4.78, 5) is 35.5. The molecule has 0 heterocycles. The number of hydrogen-bond donors (Lipinski definition) is 6. The Balaban J connectivity index is 2.78. The van der Waals surface area contributed by atoms with Crippen LogP contribution in [0.15, 0.2) is 24.3 Å². The molecule has 0 fully saturated rings. The number of carbonyl (C=O) groups excluding carboxylic acids is 3. The summed E-state index contributed by atoms with van der Waals surface area (Å²) in [7, 11) is 0. The van der Waals surface area contributed by atoms with E-state index in [1.54, 1.807) is 38.1 Å². The van der Waals surface area contributed by atoms with Gasteiger partial charge in [-0.3, -0.25) is 9.59 Å². The van der Waals surface area contributed by atoms with Crippen LogP contribution in [0.3, 0.4) is 0 Å². The zero-order chi connectivity index (χ0) is 19.7. The van der Waals surface area contributed by atoms with Gasteiger partial charge in [0, 0.05) is 12.2 Å². The quantitative estimate of drug-likeness (QED) is 0.352. The number of benzene rings is 1. The third-order valence-corrected chi connectivity index (χ3v) is 3.79. The Hall–Kier alpha value is -2.65. The zero-order valence-corrected chi connectivity index (χ0v) is 15.0. The van der Waals surface area contributed by atoms with Gasteiger partial charge in [0.1, 0.15) is 6.04 Å². The number of nitrogens with one attached hydrogen (secondary N) is 3. The van der Waals surface area contributed by atoms with Crippen molar-refractivity contribution in [3.05, 3.63) is 29.8 Å². The SMILES string of the molecule is CC(C)[C@H](N)C(=O)NC(CCNC(N)=O)C(=O)Nc1ccc(CO)cc1. The first kappa shape index (κ1) is 21.4. The number of primary amides is 1. The normalized spacial score (nSPS) is 13.0. The third-order valence-electron chi connectivity index (χ3n) is 3.79. The maximum Gasteiger partial charge on any atom is 0.312 e. The Morgan fingerprint density at radius 2 is 1.73 bits per heavy atom. The smallest absolute Gasteiger partial charge is 0.312 e. The van der Waals surface area contributed by atoms with Gasteiger partial charge < -0.3 is 32.5 Å². The average molecular weight is 365 g/mol. The van der Waals surface area contributed by atoms with Gasteiger partial charge in [-0.25, -0.2) is 4.79 Å². The summed E-state index contributed by atoms with van der Waals surface area (Å²) in [6.07, 6.45) is 0.153. The molecule has 1 aromatic carbocycles. The Kier molecular flexibility index (Phi) is 8.53. The lowest BCUT2D eigenvalue weighted by molar-refractivity contribution is -0.128. The molecule has 0 bridgehead atoms. The van der Waals surface area contributed by atoms with Crippen molar-refractivity contribution in [3.8, 4) is 0 Å². The van der Waals surface area contributed by atoms with Crippen molar-refractivity contribution < 1.29 is 19.5 Å². The molecule has 144 valence electrons. The topological polar surface area (TPSA) is 160 Å². The molecular weight excluding hydrogens is 338 g/mol. The van der Waals surface area contributed by atoms with E-state index in [1.165, 1.54) is 0 Å². The van der Waals surface area contributed by atoms with Gasteiger partial charge in [0.25, 0.3) is 0 Å². The van der Waals surface area contributed by atoms with Gasteiger partial charge >= 0.3 is 6.03 Å². The first-order valence-corrected chi connectivity index (χ1v) is 8.34. The van der Waals surface area contributed by atoms with E-state index in [2.05, 4.69) is 16.0 Å². The second kappa shape index (κ2) is 10.4. The Morgan fingerprint density at radius 1 is 1.12 bits per heavy atom. The Bertz CT molecular complexity index is 618.